The van der Waals surface area contributed by atoms with Gasteiger partial charge in [-0.3, -0.25) is 4.79 Å². The van der Waals surface area contributed by atoms with E-state index in [9.17, 15) is 24.3 Å². The Labute approximate surface area is 166 Å². The van der Waals surface area contributed by atoms with Crippen molar-refractivity contribution in [3.8, 4) is 0 Å². The van der Waals surface area contributed by atoms with Gasteiger partial charge in [-0.1, -0.05) is 33.5 Å². The molecule has 28 heavy (non-hydrogen) atoms. The van der Waals surface area contributed by atoms with Crippen LogP contribution in [0.1, 0.15) is 26.7 Å². The molecule has 0 saturated carbocycles. The van der Waals surface area contributed by atoms with E-state index in [2.05, 4.69) is 30.3 Å². The van der Waals surface area contributed by atoms with Gasteiger partial charge in [0.25, 0.3) is 0 Å². The SMILES string of the molecule is CC(C)[C@H](NC(=O)OCC[Si](C)(C)C)C(=O)[C@](N)(CCCNC(N)=O)C(=O)O. The highest BCUT2D eigenvalue weighted by Crippen LogP contribution is 2.18. The molecule has 0 unspecified atom stereocenters. The minimum absolute atomic E-state index is 0.0767. The van der Waals surface area contributed by atoms with Gasteiger partial charge in [0.1, 0.15) is 0 Å². The van der Waals surface area contributed by atoms with E-state index in [0.717, 1.165) is 6.04 Å². The minimum atomic E-state index is -2.21. The van der Waals surface area contributed by atoms with Gasteiger partial charge < -0.3 is 31.9 Å². The van der Waals surface area contributed by atoms with Gasteiger partial charge in [-0.05, 0) is 24.8 Å². The van der Waals surface area contributed by atoms with Crippen molar-refractivity contribution in [2.45, 2.75) is 64.0 Å². The Hall–Kier alpha value is -2.14. The number of nitrogens with two attached hydrogens (primary N) is 2. The van der Waals surface area contributed by atoms with Crippen molar-refractivity contribution in [3.05, 3.63) is 0 Å². The second-order valence-electron chi connectivity index (χ2n) is 8.35. The Morgan fingerprint density at radius 1 is 1.18 bits per heavy atom. The highest BCUT2D eigenvalue weighted by Gasteiger charge is 2.46. The van der Waals surface area contributed by atoms with Crippen LogP contribution in [0.4, 0.5) is 9.59 Å². The predicted molar refractivity (Wildman–Crippen MR) is 108 cm³/mol. The van der Waals surface area contributed by atoms with Gasteiger partial charge in [0.2, 0.25) is 0 Å². The smallest absolute Gasteiger partial charge is 0.407 e. The van der Waals surface area contributed by atoms with Gasteiger partial charge in [0.05, 0.1) is 12.6 Å². The monoisotopic (exact) mass is 418 g/mol. The molecule has 0 rings (SSSR count). The molecule has 7 N–H and O–H groups in total. The third kappa shape index (κ3) is 9.18. The summed E-state index contributed by atoms with van der Waals surface area (Å²) in [7, 11) is -1.39. The highest BCUT2D eigenvalue weighted by molar-refractivity contribution is 6.76. The Kier molecular flexibility index (Phi) is 10.2. The lowest BCUT2D eigenvalue weighted by molar-refractivity contribution is -0.149. The number of amides is 3. The maximum Gasteiger partial charge on any atom is 0.407 e. The number of carbonyl (C=O) groups is 4. The van der Waals surface area contributed by atoms with Crippen LogP contribution in [-0.2, 0) is 14.3 Å². The summed E-state index contributed by atoms with van der Waals surface area (Å²) < 4.78 is 5.13. The molecule has 0 heterocycles. The molecule has 0 aliphatic carbocycles. The minimum Gasteiger partial charge on any atom is -0.480 e. The van der Waals surface area contributed by atoms with Crippen molar-refractivity contribution in [1.82, 2.24) is 10.6 Å². The molecular weight excluding hydrogens is 384 g/mol. The Morgan fingerprint density at radius 2 is 1.75 bits per heavy atom. The lowest BCUT2D eigenvalue weighted by atomic mass is 9.82. The Bertz CT molecular complexity index is 578. The van der Waals surface area contributed by atoms with E-state index in [-0.39, 0.29) is 26.0 Å². The molecule has 0 spiro atoms. The zero-order valence-electron chi connectivity index (χ0n) is 17.3. The predicted octanol–water partition coefficient (Wildman–Crippen LogP) is 0.875. The molecule has 10 nitrogen and oxygen atoms in total. The first-order valence-electron chi connectivity index (χ1n) is 9.24. The molecule has 0 bridgehead atoms. The highest BCUT2D eigenvalue weighted by atomic mass is 28.3. The number of carboxylic acid groups (broad SMARTS) is 1. The molecule has 11 heteroatoms. The summed E-state index contributed by atoms with van der Waals surface area (Å²) in [5.41, 5.74) is 8.63. The lowest BCUT2D eigenvalue weighted by Gasteiger charge is -2.30. The summed E-state index contributed by atoms with van der Waals surface area (Å²) >= 11 is 0. The van der Waals surface area contributed by atoms with Crippen LogP contribution in [0.5, 0.6) is 0 Å². The van der Waals surface area contributed by atoms with E-state index in [0.29, 0.717) is 0 Å². The number of hydrogen-bond donors (Lipinski definition) is 5. The van der Waals surface area contributed by atoms with Gasteiger partial charge in [0, 0.05) is 14.6 Å². The van der Waals surface area contributed by atoms with Crippen molar-refractivity contribution in [3.63, 3.8) is 0 Å². The van der Waals surface area contributed by atoms with E-state index in [1.165, 1.54) is 0 Å². The third-order valence-electron chi connectivity index (χ3n) is 4.18. The number of urea groups is 1. The summed E-state index contributed by atoms with van der Waals surface area (Å²) in [5, 5.41) is 14.3. The number of hydrogen-bond acceptors (Lipinski definition) is 6. The zero-order chi connectivity index (χ0) is 22.1. The van der Waals surface area contributed by atoms with Gasteiger partial charge >= 0.3 is 18.1 Å². The number of alkyl carbamates (subject to hydrolysis) is 1. The van der Waals surface area contributed by atoms with Gasteiger partial charge in [-0.25, -0.2) is 14.4 Å². The van der Waals surface area contributed by atoms with Crippen molar-refractivity contribution in [2.24, 2.45) is 17.4 Å². The maximum atomic E-state index is 12.9. The van der Waals surface area contributed by atoms with Crippen LogP contribution in [-0.4, -0.2) is 61.8 Å². The normalized spacial score (nSPS) is 14.7. The molecule has 0 aromatic heterocycles. The largest absolute Gasteiger partial charge is 0.480 e. The summed E-state index contributed by atoms with van der Waals surface area (Å²) in [6.07, 6.45) is -0.881. The third-order valence-corrected chi connectivity index (χ3v) is 5.88. The lowest BCUT2D eigenvalue weighted by Crippen LogP contribution is -2.63. The Balaban J connectivity index is 5.07. The molecule has 162 valence electrons. The van der Waals surface area contributed by atoms with Crippen LogP contribution >= 0.6 is 0 Å². The molecule has 3 amide bonds. The Morgan fingerprint density at radius 3 is 2.18 bits per heavy atom. The molecule has 0 aromatic rings. The molecule has 0 aliphatic heterocycles. The van der Waals surface area contributed by atoms with E-state index in [4.69, 9.17) is 16.2 Å². The van der Waals surface area contributed by atoms with Crippen LogP contribution < -0.4 is 22.1 Å². The number of carbonyl (C=O) groups excluding carboxylic acids is 3. The molecule has 0 aromatic carbocycles. The van der Waals surface area contributed by atoms with Crippen LogP contribution in [0.2, 0.25) is 25.7 Å². The number of ether oxygens (including phenoxy) is 1. The standard InChI is InChI=1S/C17H34N4O6Si/c1-11(2)12(21-16(26)27-9-10-28(3,4)5)13(22)17(19,14(23)24)7-6-8-20-15(18)25/h11-12H,6-10,19H2,1-5H3,(H,21,26)(H,23,24)(H3,18,20,25)/t12-,17+/m0/s1. The summed E-state index contributed by atoms with van der Waals surface area (Å²) in [5.74, 6) is -2.73. The average molecular weight is 419 g/mol. The first-order chi connectivity index (χ1) is 12.7. The fourth-order valence-corrected chi connectivity index (χ4v) is 3.06. The number of aliphatic carboxylic acids is 1. The van der Waals surface area contributed by atoms with E-state index in [1.54, 1.807) is 13.8 Å². The fraction of sp³-hybridized carbons (Fsp3) is 0.765. The van der Waals surface area contributed by atoms with E-state index < -0.39 is 49.4 Å². The maximum absolute atomic E-state index is 12.9. The molecule has 0 aliphatic rings. The molecule has 0 fully saturated rings. The number of nitrogens with one attached hydrogen (secondary N) is 2. The second-order valence-corrected chi connectivity index (χ2v) is 14.0. The number of primary amides is 1. The second kappa shape index (κ2) is 11.0. The van der Waals surface area contributed by atoms with Crippen molar-refractivity contribution in [1.29, 1.82) is 0 Å². The quantitative estimate of drug-likeness (QED) is 0.177. The number of Topliss-reactive ketones (excluding diaryl/α,β-unsaturated/α-hetero) is 1. The van der Waals surface area contributed by atoms with Crippen molar-refractivity contribution in [2.75, 3.05) is 13.2 Å². The molecular formula is C17H34N4O6Si. The van der Waals surface area contributed by atoms with E-state index in [1.807, 2.05) is 0 Å². The molecule has 0 saturated heterocycles. The molecule has 2 atom stereocenters. The average Bonchev–Trinajstić information content (AvgIpc) is 2.53. The summed E-state index contributed by atoms with van der Waals surface area (Å²) in [6, 6.07) is -1.11. The van der Waals surface area contributed by atoms with Crippen LogP contribution in [0.15, 0.2) is 0 Å². The van der Waals surface area contributed by atoms with Crippen molar-refractivity contribution >= 4 is 32.0 Å². The number of carboxylic acids is 1. The topological polar surface area (TPSA) is 174 Å². The number of rotatable bonds is 12. The first kappa shape index (κ1) is 25.9. The molecule has 0 radical (unpaired) electrons. The summed E-state index contributed by atoms with van der Waals surface area (Å²) in [4.78, 5) is 47.3. The zero-order valence-corrected chi connectivity index (χ0v) is 18.3. The van der Waals surface area contributed by atoms with Crippen LogP contribution in [0.25, 0.3) is 0 Å². The first-order valence-corrected chi connectivity index (χ1v) is 12.9. The van der Waals surface area contributed by atoms with E-state index >= 15 is 0 Å². The van der Waals surface area contributed by atoms with Gasteiger partial charge in [-0.2, -0.15) is 0 Å². The van der Waals surface area contributed by atoms with Crippen LogP contribution in [0, 0.1) is 5.92 Å². The number of ketones is 1. The van der Waals surface area contributed by atoms with Gasteiger partial charge in [-0.15, -0.1) is 0 Å². The summed E-state index contributed by atoms with van der Waals surface area (Å²) in [6.45, 7) is 10.1. The van der Waals surface area contributed by atoms with Crippen molar-refractivity contribution < 1.29 is 29.0 Å². The van der Waals surface area contributed by atoms with Gasteiger partial charge in [0.15, 0.2) is 11.3 Å². The fourth-order valence-electron chi connectivity index (χ4n) is 2.35. The van der Waals surface area contributed by atoms with Crippen LogP contribution in [0.3, 0.4) is 0 Å².